The number of fused-ring (bicyclic) bond motifs is 1. The number of amides is 3. The number of carbonyl (C=O) groups is 3. The number of piperazine rings is 1. The van der Waals surface area contributed by atoms with E-state index in [1.54, 1.807) is 5.01 Å². The minimum atomic E-state index is -0.297. The molecule has 3 heterocycles. The number of benzene rings is 1. The van der Waals surface area contributed by atoms with Gasteiger partial charge in [0.25, 0.3) is 0 Å². The van der Waals surface area contributed by atoms with Crippen molar-refractivity contribution in [3.63, 3.8) is 0 Å². The molecule has 0 aromatic heterocycles. The van der Waals surface area contributed by atoms with Gasteiger partial charge < -0.3 is 10.2 Å². The van der Waals surface area contributed by atoms with E-state index in [2.05, 4.69) is 34.4 Å². The topological polar surface area (TPSA) is 88.2 Å². The third-order valence-corrected chi connectivity index (χ3v) is 7.11. The van der Waals surface area contributed by atoms with E-state index < -0.39 is 0 Å². The fourth-order valence-corrected chi connectivity index (χ4v) is 5.24. The molecule has 4 rings (SSSR count). The maximum atomic E-state index is 13.7. The van der Waals surface area contributed by atoms with Gasteiger partial charge in [0.1, 0.15) is 0 Å². The number of piperidine rings is 1. The molecule has 3 amide bonds. The Labute approximate surface area is 202 Å². The number of para-hydroxylation sites is 1. The van der Waals surface area contributed by atoms with Gasteiger partial charge in [-0.25, -0.2) is 10.4 Å². The summed E-state index contributed by atoms with van der Waals surface area (Å²) in [5, 5.41) is 4.56. The van der Waals surface area contributed by atoms with Crippen LogP contribution in [-0.4, -0.2) is 96.4 Å². The standard InChI is InChI=1S/C25H38N6O3/c1-17(2)26-22(32)16-28-10-12-29(13-11-28)24(33)20-14-30(18(3)4)15-21-23(20)27-31(25(21)34)19-8-6-5-7-9-19/h5-9,17-18,20-21,23,27H,10-16H2,1-4H3,(H,26,32). The van der Waals surface area contributed by atoms with Crippen molar-refractivity contribution in [3.05, 3.63) is 30.3 Å². The van der Waals surface area contributed by atoms with Crippen LogP contribution in [0.15, 0.2) is 30.3 Å². The van der Waals surface area contributed by atoms with Crippen LogP contribution in [0.5, 0.6) is 0 Å². The number of hydrogen-bond donors (Lipinski definition) is 2. The van der Waals surface area contributed by atoms with Crippen molar-refractivity contribution in [2.45, 2.75) is 45.8 Å². The SMILES string of the molecule is CC(C)NC(=O)CN1CCN(C(=O)C2CN(C(C)C)CC3C(=O)N(c4ccccc4)NC23)CC1. The highest BCUT2D eigenvalue weighted by molar-refractivity contribution is 5.98. The molecule has 3 fully saturated rings. The lowest BCUT2D eigenvalue weighted by molar-refractivity contribution is -0.141. The molecule has 0 aliphatic carbocycles. The van der Waals surface area contributed by atoms with E-state index in [-0.39, 0.29) is 47.7 Å². The fourth-order valence-electron chi connectivity index (χ4n) is 5.24. The maximum Gasteiger partial charge on any atom is 0.247 e. The lowest BCUT2D eigenvalue weighted by Gasteiger charge is -2.43. The van der Waals surface area contributed by atoms with Gasteiger partial charge in [-0.05, 0) is 39.8 Å². The van der Waals surface area contributed by atoms with Crippen LogP contribution in [-0.2, 0) is 14.4 Å². The number of likely N-dealkylation sites (tertiary alicyclic amines) is 1. The molecule has 0 saturated carbocycles. The van der Waals surface area contributed by atoms with Crippen LogP contribution in [0.4, 0.5) is 5.69 Å². The van der Waals surface area contributed by atoms with E-state index in [9.17, 15) is 14.4 Å². The average Bonchev–Trinajstić information content (AvgIpc) is 3.15. The second-order valence-electron chi connectivity index (χ2n) is 10.2. The molecule has 2 N–H and O–H groups in total. The molecule has 3 aliphatic heterocycles. The van der Waals surface area contributed by atoms with Crippen molar-refractivity contribution in [2.24, 2.45) is 11.8 Å². The predicted molar refractivity (Wildman–Crippen MR) is 131 cm³/mol. The number of hydrazine groups is 1. The number of anilines is 1. The number of nitrogens with one attached hydrogen (secondary N) is 2. The van der Waals surface area contributed by atoms with Crippen molar-refractivity contribution in [1.82, 2.24) is 25.4 Å². The zero-order valence-electron chi connectivity index (χ0n) is 20.7. The van der Waals surface area contributed by atoms with Gasteiger partial charge in [-0.1, -0.05) is 18.2 Å². The summed E-state index contributed by atoms with van der Waals surface area (Å²) in [4.78, 5) is 45.4. The van der Waals surface area contributed by atoms with E-state index in [1.165, 1.54) is 0 Å². The van der Waals surface area contributed by atoms with Crippen molar-refractivity contribution >= 4 is 23.4 Å². The number of carbonyl (C=O) groups excluding carboxylic acids is 3. The van der Waals surface area contributed by atoms with Gasteiger partial charge in [-0.2, -0.15) is 0 Å². The zero-order valence-corrected chi connectivity index (χ0v) is 20.7. The Kier molecular flexibility index (Phi) is 7.54. The quantitative estimate of drug-likeness (QED) is 0.631. The third kappa shape index (κ3) is 5.26. The minimum absolute atomic E-state index is 0.0205. The number of nitrogens with zero attached hydrogens (tertiary/aromatic N) is 4. The van der Waals surface area contributed by atoms with E-state index in [1.807, 2.05) is 49.1 Å². The molecule has 9 heteroatoms. The smallest absolute Gasteiger partial charge is 0.247 e. The molecule has 3 unspecified atom stereocenters. The van der Waals surface area contributed by atoms with Gasteiger partial charge in [0.2, 0.25) is 17.7 Å². The Hall–Kier alpha value is -2.49. The van der Waals surface area contributed by atoms with Gasteiger partial charge in [0, 0.05) is 51.4 Å². The predicted octanol–water partition coefficient (Wildman–Crippen LogP) is 0.532. The molecule has 0 spiro atoms. The maximum absolute atomic E-state index is 13.7. The minimum Gasteiger partial charge on any atom is -0.353 e. The molecule has 1 aromatic rings. The summed E-state index contributed by atoms with van der Waals surface area (Å²) in [6.45, 7) is 12.3. The summed E-state index contributed by atoms with van der Waals surface area (Å²) in [6.07, 6.45) is 0. The van der Waals surface area contributed by atoms with Crippen LogP contribution in [0.2, 0.25) is 0 Å². The van der Waals surface area contributed by atoms with Crippen LogP contribution < -0.4 is 15.8 Å². The molecule has 3 atom stereocenters. The summed E-state index contributed by atoms with van der Waals surface area (Å²) in [5.41, 5.74) is 4.19. The van der Waals surface area contributed by atoms with Crippen LogP contribution >= 0.6 is 0 Å². The van der Waals surface area contributed by atoms with Gasteiger partial charge in [0.15, 0.2) is 0 Å². The van der Waals surface area contributed by atoms with Gasteiger partial charge >= 0.3 is 0 Å². The molecule has 3 aliphatic rings. The lowest BCUT2D eigenvalue weighted by Crippen LogP contribution is -2.61. The van der Waals surface area contributed by atoms with E-state index in [0.717, 1.165) is 5.69 Å². The van der Waals surface area contributed by atoms with E-state index in [4.69, 9.17) is 0 Å². The number of rotatable bonds is 6. The Morgan fingerprint density at radius 2 is 1.71 bits per heavy atom. The van der Waals surface area contributed by atoms with Crippen molar-refractivity contribution in [3.8, 4) is 0 Å². The zero-order chi connectivity index (χ0) is 24.4. The average molecular weight is 471 g/mol. The highest BCUT2D eigenvalue weighted by Crippen LogP contribution is 2.33. The summed E-state index contributed by atoms with van der Waals surface area (Å²) >= 11 is 0. The van der Waals surface area contributed by atoms with Gasteiger partial charge in [0.05, 0.1) is 30.1 Å². The van der Waals surface area contributed by atoms with Crippen molar-refractivity contribution in [1.29, 1.82) is 0 Å². The Morgan fingerprint density at radius 1 is 1.03 bits per heavy atom. The first-order valence-corrected chi connectivity index (χ1v) is 12.4. The molecule has 0 bridgehead atoms. The summed E-state index contributed by atoms with van der Waals surface area (Å²) in [7, 11) is 0. The molecule has 34 heavy (non-hydrogen) atoms. The molecule has 0 radical (unpaired) electrons. The van der Waals surface area contributed by atoms with Crippen LogP contribution in [0.3, 0.4) is 0 Å². The molecule has 186 valence electrons. The van der Waals surface area contributed by atoms with Crippen LogP contribution in [0, 0.1) is 11.8 Å². The van der Waals surface area contributed by atoms with Crippen molar-refractivity contribution in [2.75, 3.05) is 50.8 Å². The highest BCUT2D eigenvalue weighted by Gasteiger charge is 2.52. The Morgan fingerprint density at radius 3 is 2.32 bits per heavy atom. The molecular formula is C25H38N6O3. The molecular weight excluding hydrogens is 432 g/mol. The summed E-state index contributed by atoms with van der Waals surface area (Å²) in [6, 6.07) is 9.73. The van der Waals surface area contributed by atoms with Gasteiger partial charge in [-0.3, -0.25) is 24.2 Å². The largest absolute Gasteiger partial charge is 0.353 e. The Bertz CT molecular complexity index is 884. The van der Waals surface area contributed by atoms with Crippen molar-refractivity contribution < 1.29 is 14.4 Å². The highest BCUT2D eigenvalue weighted by atomic mass is 16.2. The molecule has 3 saturated heterocycles. The third-order valence-electron chi connectivity index (χ3n) is 7.11. The first kappa shape index (κ1) is 24.6. The summed E-state index contributed by atoms with van der Waals surface area (Å²) in [5.74, 6) is -0.407. The molecule has 1 aromatic carbocycles. The second-order valence-corrected chi connectivity index (χ2v) is 10.2. The van der Waals surface area contributed by atoms with Gasteiger partial charge in [-0.15, -0.1) is 0 Å². The van der Waals surface area contributed by atoms with E-state index in [0.29, 0.717) is 45.8 Å². The normalized spacial score (nSPS) is 26.3. The molecule has 9 nitrogen and oxygen atoms in total. The van der Waals surface area contributed by atoms with E-state index >= 15 is 0 Å². The number of hydrogen-bond acceptors (Lipinski definition) is 6. The summed E-state index contributed by atoms with van der Waals surface area (Å²) < 4.78 is 0. The fraction of sp³-hybridized carbons (Fsp3) is 0.640. The van der Waals surface area contributed by atoms with Crippen LogP contribution in [0.25, 0.3) is 0 Å². The monoisotopic (exact) mass is 470 g/mol. The Balaban J connectivity index is 1.44. The van der Waals surface area contributed by atoms with Crippen LogP contribution in [0.1, 0.15) is 27.7 Å². The second kappa shape index (κ2) is 10.4. The first-order valence-electron chi connectivity index (χ1n) is 12.4. The first-order chi connectivity index (χ1) is 16.2. The lowest BCUT2D eigenvalue weighted by atomic mass is 9.83.